The first-order valence-corrected chi connectivity index (χ1v) is 10.3. The smallest absolute Gasteiger partial charge is 0.328 e. The molecule has 0 bridgehead atoms. The van der Waals surface area contributed by atoms with Crippen LogP contribution in [-0.4, -0.2) is 78.4 Å². The molecule has 1 aliphatic heterocycles. The van der Waals surface area contributed by atoms with E-state index in [-0.39, 0.29) is 6.61 Å². The molecule has 32 heavy (non-hydrogen) atoms. The lowest BCUT2D eigenvalue weighted by molar-refractivity contribution is -0.144. The van der Waals surface area contributed by atoms with Crippen molar-refractivity contribution in [3.8, 4) is 0 Å². The van der Waals surface area contributed by atoms with Crippen LogP contribution in [0.1, 0.15) is 18.7 Å². The van der Waals surface area contributed by atoms with E-state index in [2.05, 4.69) is 20.3 Å². The number of aromatic nitrogens is 4. The number of ether oxygens (including phenoxy) is 2. The zero-order valence-electron chi connectivity index (χ0n) is 17.4. The first-order chi connectivity index (χ1) is 15.5. The van der Waals surface area contributed by atoms with Crippen LogP contribution in [0.5, 0.6) is 0 Å². The summed E-state index contributed by atoms with van der Waals surface area (Å²) in [6.45, 7) is 1.54. The first kappa shape index (κ1) is 22.1. The Hall–Kier alpha value is -3.12. The summed E-state index contributed by atoms with van der Waals surface area (Å²) in [6.07, 6.45) is -1.36. The number of esters is 1. The van der Waals surface area contributed by atoms with Gasteiger partial charge in [-0.1, -0.05) is 30.3 Å². The van der Waals surface area contributed by atoms with Crippen LogP contribution in [-0.2, 0) is 20.7 Å². The third kappa shape index (κ3) is 4.28. The van der Waals surface area contributed by atoms with Gasteiger partial charge in [-0.2, -0.15) is 0 Å². The minimum atomic E-state index is -1.28. The molecule has 0 radical (unpaired) electrons. The van der Waals surface area contributed by atoms with E-state index < -0.39 is 43.2 Å². The summed E-state index contributed by atoms with van der Waals surface area (Å²) in [4.78, 5) is 25.4. The number of aliphatic hydroxyl groups excluding tert-OH is 3. The van der Waals surface area contributed by atoms with Crippen molar-refractivity contribution in [1.29, 1.82) is 0 Å². The maximum absolute atomic E-state index is 12.6. The zero-order valence-corrected chi connectivity index (χ0v) is 17.4. The highest BCUT2D eigenvalue weighted by atomic mass is 16.6. The van der Waals surface area contributed by atoms with Crippen molar-refractivity contribution in [1.82, 2.24) is 19.5 Å². The summed E-state index contributed by atoms with van der Waals surface area (Å²) in [5, 5.41) is 32.9. The van der Waals surface area contributed by atoms with Crippen LogP contribution >= 0.6 is 0 Å². The molecule has 1 aliphatic rings. The molecule has 2 unspecified atom stereocenters. The highest BCUT2D eigenvalue weighted by Gasteiger charge is 2.44. The van der Waals surface area contributed by atoms with E-state index in [0.29, 0.717) is 23.4 Å². The summed E-state index contributed by atoms with van der Waals surface area (Å²) in [6, 6.07) is 8.80. The largest absolute Gasteiger partial charge is 0.464 e. The maximum atomic E-state index is 12.6. The van der Waals surface area contributed by atoms with Gasteiger partial charge in [0.2, 0.25) is 0 Å². The van der Waals surface area contributed by atoms with Gasteiger partial charge in [0.05, 0.1) is 19.5 Å². The van der Waals surface area contributed by atoms with Crippen LogP contribution < -0.4 is 5.32 Å². The average Bonchev–Trinajstić information content (AvgIpc) is 3.36. The number of nitrogens with zero attached hydrogens (tertiary/aromatic N) is 4. The molecule has 0 spiro atoms. The van der Waals surface area contributed by atoms with Crippen LogP contribution in [0.2, 0.25) is 0 Å². The number of carbonyl (C=O) groups excluding carboxylic acids is 1. The van der Waals surface area contributed by atoms with Gasteiger partial charge >= 0.3 is 5.97 Å². The van der Waals surface area contributed by atoms with Gasteiger partial charge in [0.15, 0.2) is 23.2 Å². The standard InChI is InChI=1S/C21H25N5O6/c1-2-31-21(30)13(8-12-6-4-3-5-7-12)25-18-15-19(23-10-22-18)26(11-24-15)20-17(29)16(28)14(9-27)32-20/h3-7,10-11,13-14,16-17,20,27-29H,2,8-9H2,1H3,(H,22,23,25)/t13-,14+,16?,17?,20+/m0/s1. The number of rotatable bonds is 8. The normalized spacial score (nSPS) is 23.9. The van der Waals surface area contributed by atoms with E-state index >= 15 is 0 Å². The predicted molar refractivity (Wildman–Crippen MR) is 113 cm³/mol. The summed E-state index contributed by atoms with van der Waals surface area (Å²) in [5.41, 5.74) is 1.63. The number of carbonyl (C=O) groups is 1. The molecule has 4 rings (SSSR count). The van der Waals surface area contributed by atoms with Crippen molar-refractivity contribution in [3.05, 3.63) is 48.5 Å². The van der Waals surface area contributed by atoms with Crippen molar-refractivity contribution >= 4 is 23.0 Å². The summed E-state index contributed by atoms with van der Waals surface area (Å²) < 4.78 is 12.3. The van der Waals surface area contributed by atoms with Gasteiger partial charge in [0, 0.05) is 6.42 Å². The number of nitrogens with one attached hydrogen (secondary N) is 1. The van der Waals surface area contributed by atoms with Crippen LogP contribution in [0.25, 0.3) is 11.2 Å². The quantitative estimate of drug-likeness (QED) is 0.351. The molecule has 11 nitrogen and oxygen atoms in total. The molecule has 0 saturated carbocycles. The Morgan fingerprint density at radius 3 is 2.69 bits per heavy atom. The molecule has 1 fully saturated rings. The lowest BCUT2D eigenvalue weighted by atomic mass is 10.1. The van der Waals surface area contributed by atoms with Gasteiger partial charge in [-0.3, -0.25) is 4.57 Å². The second-order valence-corrected chi connectivity index (χ2v) is 7.41. The molecule has 0 aliphatic carbocycles. The molecular weight excluding hydrogens is 418 g/mol. The van der Waals surface area contributed by atoms with Gasteiger partial charge in [0.1, 0.15) is 30.7 Å². The Labute approximate surface area is 183 Å². The molecule has 2 aromatic heterocycles. The molecule has 3 heterocycles. The number of imidazole rings is 1. The fraction of sp³-hybridized carbons (Fsp3) is 0.429. The summed E-state index contributed by atoms with van der Waals surface area (Å²) in [5.74, 6) is -0.111. The van der Waals surface area contributed by atoms with Gasteiger partial charge < -0.3 is 30.1 Å². The minimum absolute atomic E-state index is 0.241. The molecule has 1 saturated heterocycles. The number of hydrogen-bond donors (Lipinski definition) is 4. The van der Waals surface area contributed by atoms with Crippen molar-refractivity contribution in [2.45, 2.75) is 43.9 Å². The topological polar surface area (TPSA) is 152 Å². The molecule has 3 aromatic rings. The molecule has 11 heteroatoms. The Bertz CT molecular complexity index is 1060. The highest BCUT2D eigenvalue weighted by Crippen LogP contribution is 2.32. The summed E-state index contributed by atoms with van der Waals surface area (Å²) >= 11 is 0. The van der Waals surface area contributed by atoms with Crippen LogP contribution in [0.4, 0.5) is 5.82 Å². The average molecular weight is 443 g/mol. The maximum Gasteiger partial charge on any atom is 0.328 e. The SMILES string of the molecule is CCOC(=O)[C@H](Cc1ccccc1)Nc1ncnc2c1ncn2[C@@H]1O[C@H](CO)C(O)C1O. The molecule has 0 amide bonds. The lowest BCUT2D eigenvalue weighted by Crippen LogP contribution is -2.34. The van der Waals surface area contributed by atoms with Crippen molar-refractivity contribution < 1.29 is 29.6 Å². The lowest BCUT2D eigenvalue weighted by Gasteiger charge is -2.19. The van der Waals surface area contributed by atoms with Crippen molar-refractivity contribution in [3.63, 3.8) is 0 Å². The first-order valence-electron chi connectivity index (χ1n) is 10.3. The van der Waals surface area contributed by atoms with E-state index in [1.54, 1.807) is 6.92 Å². The fourth-order valence-electron chi connectivity index (χ4n) is 3.70. The van der Waals surface area contributed by atoms with E-state index in [0.717, 1.165) is 5.56 Å². The van der Waals surface area contributed by atoms with Gasteiger partial charge in [0.25, 0.3) is 0 Å². The number of benzene rings is 1. The van der Waals surface area contributed by atoms with Crippen LogP contribution in [0.3, 0.4) is 0 Å². The van der Waals surface area contributed by atoms with Gasteiger partial charge in [-0.05, 0) is 12.5 Å². The van der Waals surface area contributed by atoms with E-state index in [1.807, 2.05) is 30.3 Å². The molecule has 4 N–H and O–H groups in total. The Balaban J connectivity index is 1.63. The van der Waals surface area contributed by atoms with Crippen LogP contribution in [0.15, 0.2) is 43.0 Å². The second kappa shape index (κ2) is 9.57. The molecule has 170 valence electrons. The molecule has 5 atom stereocenters. The number of anilines is 1. The number of aliphatic hydroxyl groups is 3. The van der Waals surface area contributed by atoms with Crippen molar-refractivity contribution in [2.24, 2.45) is 0 Å². The second-order valence-electron chi connectivity index (χ2n) is 7.41. The Morgan fingerprint density at radius 2 is 2.00 bits per heavy atom. The van der Waals surface area contributed by atoms with Gasteiger partial charge in [-0.15, -0.1) is 0 Å². The predicted octanol–water partition coefficient (Wildman–Crippen LogP) is 0.0241. The number of fused-ring (bicyclic) bond motifs is 1. The van der Waals surface area contributed by atoms with E-state index in [9.17, 15) is 20.1 Å². The highest BCUT2D eigenvalue weighted by molar-refractivity contribution is 5.86. The molecule has 1 aromatic carbocycles. The number of hydrogen-bond acceptors (Lipinski definition) is 10. The Kier molecular flexibility index (Phi) is 6.61. The van der Waals surface area contributed by atoms with E-state index in [1.165, 1.54) is 17.2 Å². The third-order valence-electron chi connectivity index (χ3n) is 5.31. The monoisotopic (exact) mass is 443 g/mol. The third-order valence-corrected chi connectivity index (χ3v) is 5.31. The molecular formula is C21H25N5O6. The Morgan fingerprint density at radius 1 is 1.22 bits per heavy atom. The summed E-state index contributed by atoms with van der Waals surface area (Å²) in [7, 11) is 0. The fourth-order valence-corrected chi connectivity index (χ4v) is 3.70. The van der Waals surface area contributed by atoms with Crippen molar-refractivity contribution in [2.75, 3.05) is 18.5 Å². The van der Waals surface area contributed by atoms with Gasteiger partial charge in [-0.25, -0.2) is 19.7 Å². The van der Waals surface area contributed by atoms with E-state index in [4.69, 9.17) is 9.47 Å². The van der Waals surface area contributed by atoms with Crippen LogP contribution in [0, 0.1) is 0 Å². The minimum Gasteiger partial charge on any atom is -0.464 e. The zero-order chi connectivity index (χ0) is 22.7.